The number of rotatable bonds is 3. The van der Waals surface area contributed by atoms with Crippen molar-refractivity contribution in [3.63, 3.8) is 0 Å². The van der Waals surface area contributed by atoms with Crippen LogP contribution in [0.3, 0.4) is 0 Å². The van der Waals surface area contributed by atoms with Gasteiger partial charge in [-0.1, -0.05) is 23.7 Å². The lowest BCUT2D eigenvalue weighted by Gasteiger charge is -2.12. The van der Waals surface area contributed by atoms with E-state index in [0.717, 1.165) is 5.56 Å². The second-order valence-corrected chi connectivity index (χ2v) is 6.62. The van der Waals surface area contributed by atoms with E-state index in [2.05, 4.69) is 4.72 Å². The van der Waals surface area contributed by atoms with E-state index >= 15 is 0 Å². The van der Waals surface area contributed by atoms with Crippen LogP contribution in [-0.4, -0.2) is 13.5 Å². The second kappa shape index (κ2) is 5.34. The molecular weight excluding hydrogens is 298 g/mol. The lowest BCUT2D eigenvalue weighted by Crippen LogP contribution is -2.14. The smallest absolute Gasteiger partial charge is 0.262 e. The summed E-state index contributed by atoms with van der Waals surface area (Å²) in [4.78, 5) is 0.178. The topological polar surface area (TPSA) is 66.4 Å². The summed E-state index contributed by atoms with van der Waals surface area (Å²) in [5.74, 6) is -0.178. The van der Waals surface area contributed by atoms with Crippen molar-refractivity contribution < 1.29 is 13.5 Å². The zero-order valence-electron chi connectivity index (χ0n) is 11.0. The lowest BCUT2D eigenvalue weighted by atomic mass is 10.2. The van der Waals surface area contributed by atoms with E-state index in [9.17, 15) is 13.5 Å². The van der Waals surface area contributed by atoms with Crippen LogP contribution < -0.4 is 4.72 Å². The minimum Gasteiger partial charge on any atom is -0.506 e. The molecule has 2 aromatic rings. The predicted molar refractivity (Wildman–Crippen MR) is 79.8 cm³/mol. The number of anilines is 1. The van der Waals surface area contributed by atoms with Crippen molar-refractivity contribution in [2.24, 2.45) is 0 Å². The fourth-order valence-corrected chi connectivity index (χ4v) is 3.35. The Hall–Kier alpha value is -1.72. The van der Waals surface area contributed by atoms with Gasteiger partial charge in [0, 0.05) is 5.02 Å². The largest absolute Gasteiger partial charge is 0.506 e. The van der Waals surface area contributed by atoms with Crippen LogP contribution in [0.5, 0.6) is 5.75 Å². The Balaban J connectivity index is 2.46. The van der Waals surface area contributed by atoms with Crippen LogP contribution in [0.1, 0.15) is 11.1 Å². The van der Waals surface area contributed by atoms with Gasteiger partial charge in [0.05, 0.1) is 10.6 Å². The molecule has 0 saturated heterocycles. The van der Waals surface area contributed by atoms with Crippen LogP contribution in [-0.2, 0) is 10.0 Å². The van der Waals surface area contributed by atoms with Gasteiger partial charge in [-0.05, 0) is 49.2 Å². The monoisotopic (exact) mass is 311 g/mol. The molecule has 2 aromatic carbocycles. The first-order valence-corrected chi connectivity index (χ1v) is 7.74. The number of aromatic hydroxyl groups is 1. The number of phenols is 1. The molecule has 0 amide bonds. The Morgan fingerprint density at radius 2 is 1.80 bits per heavy atom. The molecule has 0 fully saturated rings. The normalized spacial score (nSPS) is 11.3. The van der Waals surface area contributed by atoms with Crippen LogP contribution in [0.15, 0.2) is 41.3 Å². The molecule has 2 rings (SSSR count). The number of aryl methyl sites for hydroxylation is 2. The molecule has 2 N–H and O–H groups in total. The summed E-state index contributed by atoms with van der Waals surface area (Å²) in [6.45, 7) is 3.53. The van der Waals surface area contributed by atoms with Crippen LogP contribution in [0, 0.1) is 13.8 Å². The van der Waals surface area contributed by atoms with Gasteiger partial charge >= 0.3 is 0 Å². The minimum absolute atomic E-state index is 0.0541. The number of benzene rings is 2. The Morgan fingerprint density at radius 3 is 2.50 bits per heavy atom. The van der Waals surface area contributed by atoms with Gasteiger partial charge in [0.15, 0.2) is 0 Å². The molecule has 6 heteroatoms. The maximum absolute atomic E-state index is 12.4. The molecule has 0 unspecified atom stereocenters. The maximum atomic E-state index is 12.4. The third kappa shape index (κ3) is 3.05. The van der Waals surface area contributed by atoms with E-state index < -0.39 is 10.0 Å². The number of halogens is 1. The number of hydrogen-bond acceptors (Lipinski definition) is 3. The molecule has 0 aliphatic rings. The second-order valence-electron chi connectivity index (χ2n) is 4.54. The average Bonchev–Trinajstić information content (AvgIpc) is 2.36. The van der Waals surface area contributed by atoms with Gasteiger partial charge in [-0.3, -0.25) is 4.72 Å². The van der Waals surface area contributed by atoms with Crippen LogP contribution in [0.25, 0.3) is 0 Å². The van der Waals surface area contributed by atoms with Gasteiger partial charge in [-0.15, -0.1) is 0 Å². The number of sulfonamides is 1. The SMILES string of the molecule is Cc1ccc(C)c(S(=O)(=O)Nc2cc(Cl)ccc2O)c1. The zero-order chi connectivity index (χ0) is 14.9. The zero-order valence-corrected chi connectivity index (χ0v) is 12.6. The first-order valence-electron chi connectivity index (χ1n) is 5.88. The van der Waals surface area contributed by atoms with E-state index in [1.807, 2.05) is 13.0 Å². The highest BCUT2D eigenvalue weighted by Crippen LogP contribution is 2.29. The maximum Gasteiger partial charge on any atom is 0.262 e. The van der Waals surface area contributed by atoms with Gasteiger partial charge < -0.3 is 5.11 Å². The van der Waals surface area contributed by atoms with E-state index in [-0.39, 0.29) is 16.3 Å². The van der Waals surface area contributed by atoms with E-state index in [4.69, 9.17) is 11.6 Å². The fraction of sp³-hybridized carbons (Fsp3) is 0.143. The summed E-state index contributed by atoms with van der Waals surface area (Å²) in [5, 5.41) is 10.0. The summed E-state index contributed by atoms with van der Waals surface area (Å²) in [6, 6.07) is 9.33. The van der Waals surface area contributed by atoms with Gasteiger partial charge in [0.25, 0.3) is 10.0 Å². The quantitative estimate of drug-likeness (QED) is 0.853. The third-order valence-corrected chi connectivity index (χ3v) is 4.58. The molecule has 20 heavy (non-hydrogen) atoms. The van der Waals surface area contributed by atoms with Gasteiger partial charge in [0.1, 0.15) is 5.75 Å². The minimum atomic E-state index is -3.77. The molecular formula is C14H14ClNO3S. The highest BCUT2D eigenvalue weighted by atomic mass is 35.5. The summed E-state index contributed by atoms with van der Waals surface area (Å²) in [6.07, 6.45) is 0. The predicted octanol–water partition coefficient (Wildman–Crippen LogP) is 3.46. The van der Waals surface area contributed by atoms with E-state index in [0.29, 0.717) is 10.6 Å². The van der Waals surface area contributed by atoms with Gasteiger partial charge in [-0.2, -0.15) is 0 Å². The molecule has 0 aliphatic heterocycles. The Bertz CT molecular complexity index is 757. The van der Waals surface area contributed by atoms with Crippen molar-refractivity contribution in [1.29, 1.82) is 0 Å². The Morgan fingerprint density at radius 1 is 1.10 bits per heavy atom. The van der Waals surface area contributed by atoms with Crippen LogP contribution >= 0.6 is 11.6 Å². The van der Waals surface area contributed by atoms with Crippen molar-refractivity contribution in [1.82, 2.24) is 0 Å². The van der Waals surface area contributed by atoms with Crippen molar-refractivity contribution in [2.75, 3.05) is 4.72 Å². The fourth-order valence-electron chi connectivity index (χ4n) is 1.79. The molecule has 106 valence electrons. The molecule has 0 atom stereocenters. The third-order valence-electron chi connectivity index (χ3n) is 2.84. The molecule has 0 aliphatic carbocycles. The molecule has 0 aromatic heterocycles. The Kier molecular flexibility index (Phi) is 3.92. The molecule has 0 heterocycles. The molecule has 0 spiro atoms. The summed E-state index contributed by atoms with van der Waals surface area (Å²) in [7, 11) is -3.77. The summed E-state index contributed by atoms with van der Waals surface area (Å²) in [5.41, 5.74) is 1.52. The lowest BCUT2D eigenvalue weighted by molar-refractivity contribution is 0.477. The standard InChI is InChI=1S/C14H14ClNO3S/c1-9-3-4-10(2)14(7-9)20(18,19)16-12-8-11(15)5-6-13(12)17/h3-8,16-17H,1-2H3. The van der Waals surface area contributed by atoms with E-state index in [1.54, 1.807) is 19.1 Å². The molecule has 0 saturated carbocycles. The van der Waals surface area contributed by atoms with Crippen molar-refractivity contribution in [2.45, 2.75) is 18.7 Å². The Labute approximate surface area is 123 Å². The van der Waals surface area contributed by atoms with Crippen molar-refractivity contribution >= 4 is 27.3 Å². The number of hydrogen-bond donors (Lipinski definition) is 2. The van der Waals surface area contributed by atoms with Crippen molar-refractivity contribution in [3.8, 4) is 5.75 Å². The van der Waals surface area contributed by atoms with Gasteiger partial charge in [-0.25, -0.2) is 8.42 Å². The van der Waals surface area contributed by atoms with Crippen LogP contribution in [0.2, 0.25) is 5.02 Å². The summed E-state index contributed by atoms with van der Waals surface area (Å²) < 4.78 is 27.1. The number of phenolic OH excluding ortho intramolecular Hbond substituents is 1. The van der Waals surface area contributed by atoms with Crippen molar-refractivity contribution in [3.05, 3.63) is 52.5 Å². The summed E-state index contributed by atoms with van der Waals surface area (Å²) >= 11 is 5.80. The highest BCUT2D eigenvalue weighted by Gasteiger charge is 2.18. The van der Waals surface area contributed by atoms with E-state index in [1.165, 1.54) is 18.2 Å². The molecule has 0 bridgehead atoms. The van der Waals surface area contributed by atoms with Crippen LogP contribution in [0.4, 0.5) is 5.69 Å². The molecule has 4 nitrogen and oxygen atoms in total. The van der Waals surface area contributed by atoms with Gasteiger partial charge in [0.2, 0.25) is 0 Å². The first kappa shape index (κ1) is 14.7. The average molecular weight is 312 g/mol. The highest BCUT2D eigenvalue weighted by molar-refractivity contribution is 7.92. The number of nitrogens with one attached hydrogen (secondary N) is 1. The molecule has 0 radical (unpaired) electrons. The first-order chi connectivity index (χ1) is 9.29.